The number of para-hydroxylation sites is 2. The summed E-state index contributed by atoms with van der Waals surface area (Å²) >= 11 is 0. The zero-order chi connectivity index (χ0) is 18.5. The maximum Gasteiger partial charge on any atom is 0.220 e. The van der Waals surface area contributed by atoms with Crippen LogP contribution in [0.2, 0.25) is 0 Å². The molecule has 0 saturated carbocycles. The number of H-pyrrole nitrogens is 1. The molecule has 5 nitrogen and oxygen atoms in total. The maximum absolute atomic E-state index is 12.7. The fraction of sp³-hybridized carbons (Fsp3) is 0.619. The minimum Gasteiger partial charge on any atom is -0.346 e. The summed E-state index contributed by atoms with van der Waals surface area (Å²) in [5, 5.41) is 6.65. The lowest BCUT2D eigenvalue weighted by molar-refractivity contribution is -0.123. The van der Waals surface area contributed by atoms with Crippen LogP contribution in [0.1, 0.15) is 58.3 Å². The van der Waals surface area contributed by atoms with Crippen LogP contribution < -0.4 is 10.6 Å². The molecular weight excluding hydrogens is 324 g/mol. The standard InChI is InChI=1S/C21H32N4O/c1-14(2)12-19(21-24-17-6-4-5-7-18(17)25-21)23-20(26)13-15(3)16-8-10-22-11-9-16/h4-7,14-16,19,22H,8-13H2,1-3H3,(H,23,26)(H,24,25). The van der Waals surface area contributed by atoms with Crippen molar-refractivity contribution in [2.75, 3.05) is 13.1 Å². The number of aromatic nitrogens is 2. The number of benzene rings is 1. The molecule has 0 bridgehead atoms. The third-order valence-electron chi connectivity index (χ3n) is 5.48. The Morgan fingerprint density at radius 3 is 2.65 bits per heavy atom. The molecule has 2 atom stereocenters. The van der Waals surface area contributed by atoms with Crippen molar-refractivity contribution < 1.29 is 4.79 Å². The van der Waals surface area contributed by atoms with Gasteiger partial charge in [0.05, 0.1) is 17.1 Å². The van der Waals surface area contributed by atoms with Crippen molar-refractivity contribution in [3.63, 3.8) is 0 Å². The van der Waals surface area contributed by atoms with Gasteiger partial charge in [-0.1, -0.05) is 32.9 Å². The Labute approximate surface area is 156 Å². The van der Waals surface area contributed by atoms with Crippen molar-refractivity contribution in [2.24, 2.45) is 17.8 Å². The van der Waals surface area contributed by atoms with Gasteiger partial charge in [0.15, 0.2) is 0 Å². The third kappa shape index (κ3) is 4.85. The maximum atomic E-state index is 12.7. The van der Waals surface area contributed by atoms with Gasteiger partial charge in [-0.15, -0.1) is 0 Å². The molecule has 2 heterocycles. The van der Waals surface area contributed by atoms with E-state index >= 15 is 0 Å². The molecule has 1 saturated heterocycles. The number of rotatable bonds is 7. The van der Waals surface area contributed by atoms with Gasteiger partial charge < -0.3 is 15.6 Å². The Hall–Kier alpha value is -1.88. The molecule has 0 radical (unpaired) electrons. The molecule has 1 aliphatic rings. The second kappa shape index (κ2) is 8.67. The van der Waals surface area contributed by atoms with Crippen LogP contribution in [0.3, 0.4) is 0 Å². The van der Waals surface area contributed by atoms with E-state index in [1.807, 2.05) is 24.3 Å². The average Bonchev–Trinajstić information content (AvgIpc) is 3.05. The molecule has 1 aromatic heterocycles. The number of carbonyl (C=O) groups excluding carboxylic acids is 1. The molecule has 2 unspecified atom stereocenters. The largest absolute Gasteiger partial charge is 0.346 e. The second-order valence-corrected chi connectivity index (χ2v) is 8.16. The summed E-state index contributed by atoms with van der Waals surface area (Å²) in [4.78, 5) is 20.8. The smallest absolute Gasteiger partial charge is 0.220 e. The van der Waals surface area contributed by atoms with Gasteiger partial charge in [-0.25, -0.2) is 4.98 Å². The van der Waals surface area contributed by atoms with Gasteiger partial charge in [-0.2, -0.15) is 0 Å². The van der Waals surface area contributed by atoms with Gasteiger partial charge in [0.2, 0.25) is 5.91 Å². The highest BCUT2D eigenvalue weighted by Crippen LogP contribution is 2.26. The summed E-state index contributed by atoms with van der Waals surface area (Å²) in [5.41, 5.74) is 1.97. The molecule has 142 valence electrons. The summed E-state index contributed by atoms with van der Waals surface area (Å²) in [5.74, 6) is 2.56. The first-order valence-electron chi connectivity index (χ1n) is 9.97. The molecule has 3 rings (SSSR count). The molecule has 5 heteroatoms. The van der Waals surface area contributed by atoms with E-state index in [0.717, 1.165) is 36.4 Å². The molecule has 3 N–H and O–H groups in total. The van der Waals surface area contributed by atoms with Crippen molar-refractivity contribution >= 4 is 16.9 Å². The van der Waals surface area contributed by atoms with Crippen molar-refractivity contribution in [1.82, 2.24) is 20.6 Å². The number of imidazole rings is 1. The number of aromatic amines is 1. The van der Waals surface area contributed by atoms with Crippen molar-refractivity contribution in [3.05, 3.63) is 30.1 Å². The highest BCUT2D eigenvalue weighted by molar-refractivity contribution is 5.77. The number of hydrogen-bond donors (Lipinski definition) is 3. The SMILES string of the molecule is CC(C)CC(NC(=O)CC(C)C1CCNCC1)c1nc2ccccc2[nH]1. The second-order valence-electron chi connectivity index (χ2n) is 8.16. The Kier molecular flexibility index (Phi) is 6.30. The lowest BCUT2D eigenvalue weighted by Crippen LogP contribution is -2.35. The number of piperidine rings is 1. The van der Waals surface area contributed by atoms with E-state index in [1.54, 1.807) is 0 Å². The van der Waals surface area contributed by atoms with Crippen LogP contribution in [-0.4, -0.2) is 29.0 Å². The summed E-state index contributed by atoms with van der Waals surface area (Å²) in [7, 11) is 0. The minimum absolute atomic E-state index is 0.0601. The Bertz CT molecular complexity index is 685. The summed E-state index contributed by atoms with van der Waals surface area (Å²) in [6, 6.07) is 7.96. The van der Waals surface area contributed by atoms with Crippen LogP contribution in [-0.2, 0) is 4.79 Å². The molecule has 1 aromatic carbocycles. The van der Waals surface area contributed by atoms with Crippen molar-refractivity contribution in [3.8, 4) is 0 Å². The van der Waals surface area contributed by atoms with Crippen LogP contribution >= 0.6 is 0 Å². The van der Waals surface area contributed by atoms with Crippen LogP contribution in [0.5, 0.6) is 0 Å². The van der Waals surface area contributed by atoms with E-state index in [2.05, 4.69) is 36.4 Å². The molecule has 2 aromatic rings. The van der Waals surface area contributed by atoms with Gasteiger partial charge in [-0.05, 0) is 62.2 Å². The van der Waals surface area contributed by atoms with Crippen molar-refractivity contribution in [2.45, 2.75) is 52.5 Å². The molecule has 1 aliphatic heterocycles. The van der Waals surface area contributed by atoms with E-state index in [0.29, 0.717) is 24.2 Å². The minimum atomic E-state index is -0.0601. The van der Waals surface area contributed by atoms with E-state index in [9.17, 15) is 4.79 Å². The number of nitrogens with one attached hydrogen (secondary N) is 3. The van der Waals surface area contributed by atoms with E-state index < -0.39 is 0 Å². The quantitative estimate of drug-likeness (QED) is 0.707. The molecule has 1 fully saturated rings. The molecular formula is C21H32N4O. The zero-order valence-electron chi connectivity index (χ0n) is 16.2. The van der Waals surface area contributed by atoms with Gasteiger partial charge in [0.1, 0.15) is 5.82 Å². The molecule has 26 heavy (non-hydrogen) atoms. The first kappa shape index (κ1) is 18.9. The number of hydrogen-bond acceptors (Lipinski definition) is 3. The van der Waals surface area contributed by atoms with Crippen LogP contribution in [0.4, 0.5) is 0 Å². The number of nitrogens with zero attached hydrogens (tertiary/aromatic N) is 1. The highest BCUT2D eigenvalue weighted by Gasteiger charge is 2.24. The monoisotopic (exact) mass is 356 g/mol. The topological polar surface area (TPSA) is 69.8 Å². The lowest BCUT2D eigenvalue weighted by atomic mass is 9.84. The zero-order valence-corrected chi connectivity index (χ0v) is 16.2. The number of amides is 1. The lowest BCUT2D eigenvalue weighted by Gasteiger charge is -2.28. The number of fused-ring (bicyclic) bond motifs is 1. The van der Waals surface area contributed by atoms with Crippen LogP contribution in [0, 0.1) is 17.8 Å². The highest BCUT2D eigenvalue weighted by atomic mass is 16.1. The first-order valence-corrected chi connectivity index (χ1v) is 9.97. The van der Waals surface area contributed by atoms with Crippen LogP contribution in [0.15, 0.2) is 24.3 Å². The van der Waals surface area contributed by atoms with Crippen LogP contribution in [0.25, 0.3) is 11.0 Å². The summed E-state index contributed by atoms with van der Waals surface area (Å²) < 4.78 is 0. The van der Waals surface area contributed by atoms with Gasteiger partial charge in [0.25, 0.3) is 0 Å². The van der Waals surface area contributed by atoms with Gasteiger partial charge in [0, 0.05) is 6.42 Å². The predicted octanol–water partition coefficient (Wildman–Crippen LogP) is 3.79. The third-order valence-corrected chi connectivity index (χ3v) is 5.48. The summed E-state index contributed by atoms with van der Waals surface area (Å²) in [6.45, 7) is 8.73. The normalized spacial score (nSPS) is 18.2. The average molecular weight is 357 g/mol. The summed E-state index contributed by atoms with van der Waals surface area (Å²) in [6.07, 6.45) is 3.83. The van der Waals surface area contributed by atoms with E-state index in [-0.39, 0.29) is 11.9 Å². The molecule has 1 amide bonds. The van der Waals surface area contributed by atoms with E-state index in [1.165, 1.54) is 12.8 Å². The predicted molar refractivity (Wildman–Crippen MR) is 106 cm³/mol. The van der Waals surface area contributed by atoms with Crippen molar-refractivity contribution in [1.29, 1.82) is 0 Å². The Balaban J connectivity index is 1.66. The fourth-order valence-corrected chi connectivity index (χ4v) is 3.97. The number of carbonyl (C=O) groups is 1. The molecule has 0 aliphatic carbocycles. The molecule has 0 spiro atoms. The van der Waals surface area contributed by atoms with E-state index in [4.69, 9.17) is 4.98 Å². The fourth-order valence-electron chi connectivity index (χ4n) is 3.97. The van der Waals surface area contributed by atoms with Gasteiger partial charge >= 0.3 is 0 Å². The Morgan fingerprint density at radius 2 is 1.96 bits per heavy atom. The van der Waals surface area contributed by atoms with Gasteiger partial charge in [-0.3, -0.25) is 4.79 Å². The first-order chi connectivity index (χ1) is 12.5. The Morgan fingerprint density at radius 1 is 1.23 bits per heavy atom.